The highest BCUT2D eigenvalue weighted by molar-refractivity contribution is 7.89. The molecule has 1 saturated heterocycles. The molecule has 4 rings (SSSR count). The standard InChI is InChI=1S/C26H24N2O4S/c1-19-2-7-23(17-25(19)22-8-3-21(18-27)4-9-22)26(29)16-20-5-10-24(11-6-20)33(30,31)28-12-14-32-15-13-28/h2-11,17H,12-16H2,1H3. The van der Waals surface area contributed by atoms with E-state index in [2.05, 4.69) is 6.07 Å². The fraction of sp³-hybridized carbons (Fsp3) is 0.231. The van der Waals surface area contributed by atoms with Crippen LogP contribution in [0.3, 0.4) is 0 Å². The highest BCUT2D eigenvalue weighted by Gasteiger charge is 2.26. The molecule has 3 aromatic rings. The fourth-order valence-corrected chi connectivity index (χ4v) is 5.24. The summed E-state index contributed by atoms with van der Waals surface area (Å²) in [6.45, 7) is 3.46. The number of sulfonamides is 1. The fourth-order valence-electron chi connectivity index (χ4n) is 3.83. The van der Waals surface area contributed by atoms with Crippen molar-refractivity contribution < 1.29 is 17.9 Å². The van der Waals surface area contributed by atoms with Gasteiger partial charge in [0.25, 0.3) is 0 Å². The third kappa shape index (κ3) is 5.04. The lowest BCUT2D eigenvalue weighted by molar-refractivity contribution is 0.0730. The molecule has 3 aromatic carbocycles. The Morgan fingerprint density at radius 2 is 1.67 bits per heavy atom. The number of aryl methyl sites for hydroxylation is 1. The molecule has 33 heavy (non-hydrogen) atoms. The molecular formula is C26H24N2O4S. The number of hydrogen-bond donors (Lipinski definition) is 0. The van der Waals surface area contributed by atoms with Gasteiger partial charge >= 0.3 is 0 Å². The van der Waals surface area contributed by atoms with Gasteiger partial charge < -0.3 is 4.74 Å². The van der Waals surface area contributed by atoms with E-state index in [0.717, 1.165) is 22.3 Å². The van der Waals surface area contributed by atoms with Crippen LogP contribution in [0.4, 0.5) is 0 Å². The number of benzene rings is 3. The molecule has 168 valence electrons. The van der Waals surface area contributed by atoms with Crippen LogP contribution >= 0.6 is 0 Å². The average molecular weight is 461 g/mol. The average Bonchev–Trinajstić information content (AvgIpc) is 2.85. The summed E-state index contributed by atoms with van der Waals surface area (Å²) >= 11 is 0. The van der Waals surface area contributed by atoms with Crippen molar-refractivity contribution in [2.75, 3.05) is 26.3 Å². The predicted octanol–water partition coefficient (Wildman–Crippen LogP) is 3.98. The maximum Gasteiger partial charge on any atom is 0.243 e. The SMILES string of the molecule is Cc1ccc(C(=O)Cc2ccc(S(=O)(=O)N3CCOCC3)cc2)cc1-c1ccc(C#N)cc1. The highest BCUT2D eigenvalue weighted by Crippen LogP contribution is 2.26. The molecule has 0 atom stereocenters. The molecule has 0 aliphatic carbocycles. The van der Waals surface area contributed by atoms with Gasteiger partial charge in [-0.1, -0.05) is 36.4 Å². The first-order chi connectivity index (χ1) is 15.9. The number of hydrogen-bond acceptors (Lipinski definition) is 5. The Morgan fingerprint density at radius 3 is 2.30 bits per heavy atom. The van der Waals surface area contributed by atoms with Gasteiger partial charge in [0.2, 0.25) is 10.0 Å². The molecule has 0 aromatic heterocycles. The van der Waals surface area contributed by atoms with Gasteiger partial charge in [0.1, 0.15) is 0 Å². The van der Waals surface area contributed by atoms with Gasteiger partial charge in [-0.15, -0.1) is 0 Å². The minimum atomic E-state index is -3.56. The molecule has 0 radical (unpaired) electrons. The molecule has 7 heteroatoms. The van der Waals surface area contributed by atoms with Crippen molar-refractivity contribution in [2.45, 2.75) is 18.2 Å². The van der Waals surface area contributed by atoms with Gasteiger partial charge in [0, 0.05) is 25.1 Å². The van der Waals surface area contributed by atoms with E-state index < -0.39 is 10.0 Å². The van der Waals surface area contributed by atoms with Gasteiger partial charge in [-0.25, -0.2) is 8.42 Å². The summed E-state index contributed by atoms with van der Waals surface area (Å²) in [6.07, 6.45) is 0.174. The van der Waals surface area contributed by atoms with Gasteiger partial charge in [0.05, 0.1) is 29.7 Å². The minimum absolute atomic E-state index is 0.0475. The summed E-state index contributed by atoms with van der Waals surface area (Å²) in [5.74, 6) is -0.0475. The number of rotatable bonds is 6. The van der Waals surface area contributed by atoms with Crippen molar-refractivity contribution in [3.63, 3.8) is 0 Å². The summed E-state index contributed by atoms with van der Waals surface area (Å²) in [6, 6.07) is 21.5. The molecule has 1 fully saturated rings. The van der Waals surface area contributed by atoms with E-state index in [1.807, 2.05) is 37.3 Å². The van der Waals surface area contributed by atoms with E-state index in [-0.39, 0.29) is 17.1 Å². The number of carbonyl (C=O) groups is 1. The smallest absolute Gasteiger partial charge is 0.243 e. The van der Waals surface area contributed by atoms with Crippen molar-refractivity contribution in [3.8, 4) is 17.2 Å². The zero-order valence-electron chi connectivity index (χ0n) is 18.3. The van der Waals surface area contributed by atoms with Crippen LogP contribution in [0.25, 0.3) is 11.1 Å². The summed E-state index contributed by atoms with van der Waals surface area (Å²) < 4.78 is 32.2. The van der Waals surface area contributed by atoms with E-state index in [1.165, 1.54) is 4.31 Å². The predicted molar refractivity (Wildman–Crippen MR) is 125 cm³/mol. The molecule has 0 amide bonds. The first-order valence-electron chi connectivity index (χ1n) is 10.7. The Morgan fingerprint density at radius 1 is 1.00 bits per heavy atom. The zero-order chi connectivity index (χ0) is 23.4. The van der Waals surface area contributed by atoms with Crippen molar-refractivity contribution in [2.24, 2.45) is 0 Å². The monoisotopic (exact) mass is 460 g/mol. The second kappa shape index (κ2) is 9.67. The van der Waals surface area contributed by atoms with Crippen molar-refractivity contribution >= 4 is 15.8 Å². The van der Waals surface area contributed by atoms with Crippen molar-refractivity contribution in [1.82, 2.24) is 4.31 Å². The maximum atomic E-state index is 13.0. The molecule has 0 spiro atoms. The third-order valence-electron chi connectivity index (χ3n) is 5.78. The van der Waals surface area contributed by atoms with Crippen LogP contribution < -0.4 is 0 Å². The minimum Gasteiger partial charge on any atom is -0.379 e. The number of Topliss-reactive ketones (excluding diaryl/α,β-unsaturated/α-hetero) is 1. The lowest BCUT2D eigenvalue weighted by atomic mass is 9.94. The number of morpholine rings is 1. The molecule has 0 N–H and O–H groups in total. The Balaban J connectivity index is 1.51. The zero-order valence-corrected chi connectivity index (χ0v) is 19.1. The molecule has 0 saturated carbocycles. The van der Waals surface area contributed by atoms with Gasteiger partial charge in [-0.05, 0) is 59.5 Å². The van der Waals surface area contributed by atoms with Crippen molar-refractivity contribution in [3.05, 3.63) is 89.0 Å². The normalized spacial score (nSPS) is 14.5. The summed E-state index contributed by atoms with van der Waals surface area (Å²) in [7, 11) is -3.56. The van der Waals surface area contributed by atoms with Gasteiger partial charge in [-0.3, -0.25) is 4.79 Å². The number of nitriles is 1. The molecule has 1 aliphatic rings. The Hall–Kier alpha value is -3.31. The van der Waals surface area contributed by atoms with Gasteiger partial charge in [-0.2, -0.15) is 9.57 Å². The van der Waals surface area contributed by atoms with Crippen LogP contribution in [-0.2, 0) is 21.2 Å². The first kappa shape index (κ1) is 22.9. The quantitative estimate of drug-likeness (QED) is 0.519. The maximum absolute atomic E-state index is 13.0. The largest absolute Gasteiger partial charge is 0.379 e. The number of ketones is 1. The van der Waals surface area contributed by atoms with E-state index in [4.69, 9.17) is 10.00 Å². The Labute approximate surface area is 194 Å². The number of ether oxygens (including phenoxy) is 1. The van der Waals surface area contributed by atoms with E-state index in [1.54, 1.807) is 36.4 Å². The van der Waals surface area contributed by atoms with Crippen LogP contribution in [0.15, 0.2) is 71.6 Å². The molecule has 0 unspecified atom stereocenters. The van der Waals surface area contributed by atoms with Crippen molar-refractivity contribution in [1.29, 1.82) is 5.26 Å². The molecule has 1 heterocycles. The Kier molecular flexibility index (Phi) is 6.70. The molecule has 0 bridgehead atoms. The highest BCUT2D eigenvalue weighted by atomic mass is 32.2. The van der Waals surface area contributed by atoms with E-state index in [9.17, 15) is 13.2 Å². The molecule has 6 nitrogen and oxygen atoms in total. The third-order valence-corrected chi connectivity index (χ3v) is 7.69. The first-order valence-corrected chi connectivity index (χ1v) is 12.1. The molecule has 1 aliphatic heterocycles. The topological polar surface area (TPSA) is 87.5 Å². The second-order valence-corrected chi connectivity index (χ2v) is 9.92. The lowest BCUT2D eigenvalue weighted by Gasteiger charge is -2.26. The van der Waals surface area contributed by atoms with E-state index in [0.29, 0.717) is 37.4 Å². The van der Waals surface area contributed by atoms with Crippen LogP contribution in [0.1, 0.15) is 27.0 Å². The summed E-state index contributed by atoms with van der Waals surface area (Å²) in [5, 5.41) is 9.00. The Bertz CT molecular complexity index is 1300. The lowest BCUT2D eigenvalue weighted by Crippen LogP contribution is -2.40. The number of nitrogens with zero attached hydrogens (tertiary/aromatic N) is 2. The van der Waals surface area contributed by atoms with E-state index >= 15 is 0 Å². The second-order valence-electron chi connectivity index (χ2n) is 7.98. The van der Waals surface area contributed by atoms with Gasteiger partial charge in [0.15, 0.2) is 5.78 Å². The molecular weight excluding hydrogens is 436 g/mol. The van der Waals surface area contributed by atoms with Crippen LogP contribution in [0.2, 0.25) is 0 Å². The van der Waals surface area contributed by atoms with Crippen LogP contribution in [0, 0.1) is 18.3 Å². The summed E-state index contributed by atoms with van der Waals surface area (Å²) in [5.41, 5.74) is 4.85. The number of carbonyl (C=O) groups excluding carboxylic acids is 1. The summed E-state index contributed by atoms with van der Waals surface area (Å²) in [4.78, 5) is 13.2. The van der Waals surface area contributed by atoms with Crippen LogP contribution in [0.5, 0.6) is 0 Å². The van der Waals surface area contributed by atoms with Crippen LogP contribution in [-0.4, -0.2) is 44.8 Å².